The van der Waals surface area contributed by atoms with E-state index in [9.17, 15) is 9.59 Å². The van der Waals surface area contributed by atoms with Gasteiger partial charge in [0.05, 0.1) is 6.61 Å². The van der Waals surface area contributed by atoms with E-state index in [-0.39, 0.29) is 17.4 Å². The van der Waals surface area contributed by atoms with Crippen molar-refractivity contribution in [1.82, 2.24) is 4.90 Å². The number of carboxylic acid groups (broad SMARTS) is 1. The second-order valence-corrected chi connectivity index (χ2v) is 6.54. The summed E-state index contributed by atoms with van der Waals surface area (Å²) < 4.78 is 5.19. The zero-order chi connectivity index (χ0) is 16.2. The molecule has 1 aliphatic rings. The summed E-state index contributed by atoms with van der Waals surface area (Å²) in [5, 5.41) is 9.07. The van der Waals surface area contributed by atoms with Crippen LogP contribution in [0.4, 0.5) is 4.79 Å². The summed E-state index contributed by atoms with van der Waals surface area (Å²) in [4.78, 5) is 23.8. The maximum atomic E-state index is 11.4. The lowest BCUT2D eigenvalue weighted by Crippen LogP contribution is -2.44. The van der Waals surface area contributed by atoms with Crippen LogP contribution in [-0.2, 0) is 9.53 Å². The third kappa shape index (κ3) is 4.48. The molecule has 0 spiro atoms. The zero-order valence-electron chi connectivity index (χ0n) is 13.5. The van der Waals surface area contributed by atoms with Gasteiger partial charge in [-0.2, -0.15) is 0 Å². The van der Waals surface area contributed by atoms with Crippen LogP contribution in [0, 0.1) is 11.3 Å². The van der Waals surface area contributed by atoms with E-state index in [0.29, 0.717) is 18.1 Å². The SMILES string of the molecule is C=C(C)C(=O)OCCC1(C)CCC(N(C)C(=O)O)CC1C. The fourth-order valence-corrected chi connectivity index (χ4v) is 2.93. The number of amides is 1. The van der Waals surface area contributed by atoms with Crippen LogP contribution < -0.4 is 0 Å². The Morgan fingerprint density at radius 2 is 2.10 bits per heavy atom. The van der Waals surface area contributed by atoms with E-state index in [2.05, 4.69) is 20.4 Å². The monoisotopic (exact) mass is 297 g/mol. The molecule has 1 saturated carbocycles. The van der Waals surface area contributed by atoms with E-state index < -0.39 is 6.09 Å². The minimum Gasteiger partial charge on any atom is -0.465 e. The summed E-state index contributed by atoms with van der Waals surface area (Å²) >= 11 is 0. The third-order valence-corrected chi connectivity index (χ3v) is 4.97. The Morgan fingerprint density at radius 3 is 2.57 bits per heavy atom. The fraction of sp³-hybridized carbons (Fsp3) is 0.750. The van der Waals surface area contributed by atoms with Crippen molar-refractivity contribution < 1.29 is 19.4 Å². The van der Waals surface area contributed by atoms with E-state index in [1.165, 1.54) is 4.90 Å². The normalized spacial score (nSPS) is 28.8. The molecule has 0 aromatic carbocycles. The molecule has 5 heteroatoms. The highest BCUT2D eigenvalue weighted by atomic mass is 16.5. The van der Waals surface area contributed by atoms with Gasteiger partial charge >= 0.3 is 12.1 Å². The largest absolute Gasteiger partial charge is 0.465 e. The van der Waals surface area contributed by atoms with Crippen molar-refractivity contribution in [1.29, 1.82) is 0 Å². The maximum Gasteiger partial charge on any atom is 0.407 e. The van der Waals surface area contributed by atoms with Crippen molar-refractivity contribution in [3.63, 3.8) is 0 Å². The first-order chi connectivity index (χ1) is 9.67. The van der Waals surface area contributed by atoms with Crippen LogP contribution >= 0.6 is 0 Å². The molecular formula is C16H27NO4. The molecule has 1 N–H and O–H groups in total. The van der Waals surface area contributed by atoms with Gasteiger partial charge in [0.1, 0.15) is 0 Å². The van der Waals surface area contributed by atoms with Gasteiger partial charge in [0, 0.05) is 18.7 Å². The molecule has 0 saturated heterocycles. The molecule has 21 heavy (non-hydrogen) atoms. The van der Waals surface area contributed by atoms with Gasteiger partial charge < -0.3 is 14.7 Å². The van der Waals surface area contributed by atoms with Crippen molar-refractivity contribution in [2.24, 2.45) is 11.3 Å². The highest BCUT2D eigenvalue weighted by molar-refractivity contribution is 5.86. The van der Waals surface area contributed by atoms with Crippen molar-refractivity contribution in [2.75, 3.05) is 13.7 Å². The molecule has 3 atom stereocenters. The smallest absolute Gasteiger partial charge is 0.407 e. The van der Waals surface area contributed by atoms with Crippen molar-refractivity contribution >= 4 is 12.1 Å². The van der Waals surface area contributed by atoms with Crippen LogP contribution in [0.5, 0.6) is 0 Å². The van der Waals surface area contributed by atoms with Gasteiger partial charge in [-0.05, 0) is 43.9 Å². The third-order valence-electron chi connectivity index (χ3n) is 4.97. The molecule has 120 valence electrons. The molecule has 1 fully saturated rings. The Balaban J connectivity index is 2.51. The van der Waals surface area contributed by atoms with Crippen LogP contribution in [0.3, 0.4) is 0 Å². The summed E-state index contributed by atoms with van der Waals surface area (Å²) in [5.41, 5.74) is 0.505. The zero-order valence-corrected chi connectivity index (χ0v) is 13.5. The molecule has 1 amide bonds. The van der Waals surface area contributed by atoms with Crippen LogP contribution in [0.25, 0.3) is 0 Å². The van der Waals surface area contributed by atoms with Crippen LogP contribution in [0.1, 0.15) is 46.5 Å². The fourth-order valence-electron chi connectivity index (χ4n) is 2.93. The Hall–Kier alpha value is -1.52. The molecule has 1 aliphatic carbocycles. The van der Waals surface area contributed by atoms with Gasteiger partial charge in [0.15, 0.2) is 0 Å². The molecule has 5 nitrogen and oxygen atoms in total. The maximum absolute atomic E-state index is 11.4. The number of carbonyl (C=O) groups is 2. The first kappa shape index (κ1) is 17.5. The molecule has 0 aromatic heterocycles. The van der Waals surface area contributed by atoms with Crippen LogP contribution in [-0.4, -0.2) is 41.8 Å². The Kier molecular flexibility index (Phi) is 5.81. The number of hydrogen-bond donors (Lipinski definition) is 1. The number of ether oxygens (including phenoxy) is 1. The van der Waals surface area contributed by atoms with Crippen LogP contribution in [0.15, 0.2) is 12.2 Å². The van der Waals surface area contributed by atoms with Gasteiger partial charge in [0.25, 0.3) is 0 Å². The summed E-state index contributed by atoms with van der Waals surface area (Å²) in [6.45, 7) is 9.95. The Bertz CT molecular complexity index is 421. The van der Waals surface area contributed by atoms with Gasteiger partial charge in [0.2, 0.25) is 0 Å². The summed E-state index contributed by atoms with van der Waals surface area (Å²) in [5.74, 6) is 0.0483. The minimum atomic E-state index is -0.869. The molecular weight excluding hydrogens is 270 g/mol. The lowest BCUT2D eigenvalue weighted by atomic mass is 9.65. The number of rotatable bonds is 5. The van der Waals surface area contributed by atoms with E-state index in [4.69, 9.17) is 9.84 Å². The van der Waals surface area contributed by atoms with Gasteiger partial charge in [-0.15, -0.1) is 0 Å². The van der Waals surface area contributed by atoms with Gasteiger partial charge in [-0.3, -0.25) is 0 Å². The van der Waals surface area contributed by atoms with E-state index >= 15 is 0 Å². The number of esters is 1. The molecule has 1 rings (SSSR count). The van der Waals surface area contributed by atoms with Crippen molar-refractivity contribution in [2.45, 2.75) is 52.5 Å². The van der Waals surface area contributed by atoms with Crippen LogP contribution in [0.2, 0.25) is 0 Å². The van der Waals surface area contributed by atoms with Crippen molar-refractivity contribution in [3.8, 4) is 0 Å². The van der Waals surface area contributed by atoms with E-state index in [1.54, 1.807) is 14.0 Å². The molecule has 3 unspecified atom stereocenters. The number of carbonyl (C=O) groups excluding carboxylic acids is 1. The predicted molar refractivity (Wildman–Crippen MR) is 81.1 cm³/mol. The number of hydrogen-bond acceptors (Lipinski definition) is 3. The Labute approximate surface area is 127 Å². The lowest BCUT2D eigenvalue weighted by Gasteiger charge is -2.44. The highest BCUT2D eigenvalue weighted by Crippen LogP contribution is 2.44. The summed E-state index contributed by atoms with van der Waals surface area (Å²) in [7, 11) is 1.64. The molecule has 0 radical (unpaired) electrons. The average molecular weight is 297 g/mol. The summed E-state index contributed by atoms with van der Waals surface area (Å²) in [6.07, 6.45) is 2.59. The van der Waals surface area contributed by atoms with Crippen molar-refractivity contribution in [3.05, 3.63) is 12.2 Å². The molecule has 0 aromatic rings. The lowest BCUT2D eigenvalue weighted by molar-refractivity contribution is -0.140. The minimum absolute atomic E-state index is 0.0866. The standard InChI is InChI=1S/C16H27NO4/c1-11(2)14(18)21-9-8-16(4)7-6-13(10-12(16)3)17(5)15(19)20/h12-13H,1,6-10H2,2-5H3,(H,19,20). The number of nitrogens with zero attached hydrogens (tertiary/aromatic N) is 1. The van der Waals surface area contributed by atoms with Gasteiger partial charge in [-0.25, -0.2) is 9.59 Å². The van der Waals surface area contributed by atoms with Gasteiger partial charge in [-0.1, -0.05) is 20.4 Å². The van der Waals surface area contributed by atoms with E-state index in [1.807, 2.05) is 0 Å². The highest BCUT2D eigenvalue weighted by Gasteiger charge is 2.39. The topological polar surface area (TPSA) is 66.8 Å². The molecule has 0 aliphatic heterocycles. The van der Waals surface area contributed by atoms with E-state index in [0.717, 1.165) is 25.7 Å². The molecule has 0 heterocycles. The first-order valence-corrected chi connectivity index (χ1v) is 7.46. The average Bonchev–Trinajstić information content (AvgIpc) is 2.41. The predicted octanol–water partition coefficient (Wildman–Crippen LogP) is 3.30. The Morgan fingerprint density at radius 1 is 1.48 bits per heavy atom. The quantitative estimate of drug-likeness (QED) is 0.624. The first-order valence-electron chi connectivity index (χ1n) is 7.46. The molecule has 0 bridgehead atoms. The summed E-state index contributed by atoms with van der Waals surface area (Å²) in [6, 6.07) is 0.0866. The second kappa shape index (κ2) is 6.96. The second-order valence-electron chi connectivity index (χ2n) is 6.54.